The van der Waals surface area contributed by atoms with E-state index in [1.807, 2.05) is 30.3 Å². The number of nitriles is 1. The summed E-state index contributed by atoms with van der Waals surface area (Å²) in [6.45, 7) is 3.62. The number of hydrogen-bond donors (Lipinski definition) is 2. The van der Waals surface area contributed by atoms with Crippen LogP contribution in [0.1, 0.15) is 31.4 Å². The Morgan fingerprint density at radius 1 is 1.21 bits per heavy atom. The van der Waals surface area contributed by atoms with Crippen LogP contribution in [0.25, 0.3) is 11.1 Å². The van der Waals surface area contributed by atoms with Crippen LogP contribution in [0.5, 0.6) is 0 Å². The lowest BCUT2D eigenvalue weighted by Crippen LogP contribution is -2.57. The highest BCUT2D eigenvalue weighted by molar-refractivity contribution is 7.90. The molecule has 1 fully saturated rings. The van der Waals surface area contributed by atoms with Gasteiger partial charge in [-0.2, -0.15) is 5.26 Å². The monoisotopic (exact) mass is 400 g/mol. The molecule has 0 bridgehead atoms. The van der Waals surface area contributed by atoms with Crippen LogP contribution in [0.15, 0.2) is 48.5 Å². The minimum atomic E-state index is -3.56. The van der Waals surface area contributed by atoms with Crippen molar-refractivity contribution in [3.8, 4) is 17.2 Å². The summed E-state index contributed by atoms with van der Waals surface area (Å²) in [4.78, 5) is 0. The highest BCUT2D eigenvalue weighted by atomic mass is 32.2. The van der Waals surface area contributed by atoms with E-state index >= 15 is 0 Å². The van der Waals surface area contributed by atoms with E-state index in [-0.39, 0.29) is 13.0 Å². The third-order valence-corrected chi connectivity index (χ3v) is 7.01. The van der Waals surface area contributed by atoms with Gasteiger partial charge in [0.2, 0.25) is 10.0 Å². The van der Waals surface area contributed by atoms with Gasteiger partial charge in [-0.3, -0.25) is 0 Å². The van der Waals surface area contributed by atoms with Gasteiger partial charge in [0.1, 0.15) is 5.60 Å². The maximum absolute atomic E-state index is 12.3. The quantitative estimate of drug-likeness (QED) is 0.803. The van der Waals surface area contributed by atoms with E-state index in [0.717, 1.165) is 11.1 Å². The van der Waals surface area contributed by atoms with Crippen LogP contribution in [-0.4, -0.2) is 38.0 Å². The van der Waals surface area contributed by atoms with E-state index in [1.54, 1.807) is 32.0 Å². The number of nitrogens with zero attached hydrogens (tertiary/aromatic N) is 1. The van der Waals surface area contributed by atoms with E-state index < -0.39 is 26.9 Å². The first kappa shape index (κ1) is 20.5. The standard InChI is InChI=1S/C21H24N2O4S/c1-15(2)28(25,26)23-20-14-27-12-11-21(20,24)18-9-7-16(8-10-18)19-6-4-3-5-17(19)13-22/h3-10,15,20,23-24H,11-12,14H2,1-2H3. The van der Waals surface area contributed by atoms with E-state index in [1.165, 1.54) is 0 Å². The van der Waals surface area contributed by atoms with Crippen LogP contribution in [0.4, 0.5) is 0 Å². The Labute approximate surface area is 165 Å². The third-order valence-electron chi connectivity index (χ3n) is 5.16. The molecule has 2 aromatic rings. The molecule has 1 aliphatic heterocycles. The van der Waals surface area contributed by atoms with Crippen LogP contribution >= 0.6 is 0 Å². The topological polar surface area (TPSA) is 99.4 Å². The molecule has 1 saturated heterocycles. The fraction of sp³-hybridized carbons (Fsp3) is 0.381. The van der Waals surface area contributed by atoms with Gasteiger partial charge in [-0.05, 0) is 36.6 Å². The normalized spacial score (nSPS) is 22.8. The largest absolute Gasteiger partial charge is 0.383 e. The summed E-state index contributed by atoms with van der Waals surface area (Å²) in [6, 6.07) is 16.0. The zero-order valence-electron chi connectivity index (χ0n) is 15.9. The summed E-state index contributed by atoms with van der Waals surface area (Å²) in [5.41, 5.74) is 1.49. The van der Waals surface area contributed by atoms with Crippen LogP contribution in [0.3, 0.4) is 0 Å². The summed E-state index contributed by atoms with van der Waals surface area (Å²) < 4.78 is 32.7. The SMILES string of the molecule is CC(C)S(=O)(=O)NC1COCCC1(O)c1ccc(-c2ccccc2C#N)cc1. The lowest BCUT2D eigenvalue weighted by atomic mass is 9.82. The highest BCUT2D eigenvalue weighted by Gasteiger charge is 2.43. The summed E-state index contributed by atoms with van der Waals surface area (Å²) in [5.74, 6) is 0. The maximum atomic E-state index is 12.3. The molecular weight excluding hydrogens is 376 g/mol. The molecule has 0 aliphatic carbocycles. The molecule has 0 amide bonds. The Bertz CT molecular complexity index is 980. The molecule has 0 aromatic heterocycles. The first-order valence-electron chi connectivity index (χ1n) is 9.19. The van der Waals surface area contributed by atoms with Crippen LogP contribution < -0.4 is 4.72 Å². The Morgan fingerprint density at radius 2 is 1.89 bits per heavy atom. The molecule has 7 heteroatoms. The van der Waals surface area contributed by atoms with Crippen molar-refractivity contribution in [2.75, 3.05) is 13.2 Å². The number of aliphatic hydroxyl groups is 1. The molecule has 6 nitrogen and oxygen atoms in total. The number of sulfonamides is 1. The fourth-order valence-electron chi connectivity index (χ4n) is 3.32. The molecular formula is C21H24N2O4S. The molecule has 0 spiro atoms. The summed E-state index contributed by atoms with van der Waals surface area (Å²) >= 11 is 0. The van der Waals surface area contributed by atoms with E-state index in [4.69, 9.17) is 4.74 Å². The van der Waals surface area contributed by atoms with Crippen molar-refractivity contribution < 1.29 is 18.3 Å². The Balaban J connectivity index is 1.93. The third kappa shape index (κ3) is 3.96. The first-order chi connectivity index (χ1) is 13.3. The van der Waals surface area contributed by atoms with Crippen molar-refractivity contribution in [1.82, 2.24) is 4.72 Å². The van der Waals surface area contributed by atoms with Gasteiger partial charge in [0.15, 0.2) is 0 Å². The number of ether oxygens (including phenoxy) is 1. The lowest BCUT2D eigenvalue weighted by molar-refractivity contribution is -0.0898. The van der Waals surface area contributed by atoms with Gasteiger partial charge in [-0.15, -0.1) is 0 Å². The minimum absolute atomic E-state index is 0.0987. The second-order valence-electron chi connectivity index (χ2n) is 7.25. The molecule has 2 atom stereocenters. The van der Waals surface area contributed by atoms with Gasteiger partial charge in [-0.1, -0.05) is 42.5 Å². The zero-order chi connectivity index (χ0) is 20.4. The second-order valence-corrected chi connectivity index (χ2v) is 9.52. The minimum Gasteiger partial charge on any atom is -0.383 e. The first-order valence-corrected chi connectivity index (χ1v) is 10.7. The number of hydrogen-bond acceptors (Lipinski definition) is 5. The smallest absolute Gasteiger partial charge is 0.214 e. The molecule has 0 saturated carbocycles. The average Bonchev–Trinajstić information content (AvgIpc) is 2.69. The molecule has 1 heterocycles. The molecule has 148 valence electrons. The molecule has 2 N–H and O–H groups in total. The molecule has 28 heavy (non-hydrogen) atoms. The maximum Gasteiger partial charge on any atom is 0.214 e. The van der Waals surface area contributed by atoms with Gasteiger partial charge < -0.3 is 9.84 Å². The van der Waals surface area contributed by atoms with Crippen LogP contribution in [-0.2, 0) is 20.4 Å². The number of benzene rings is 2. The Morgan fingerprint density at radius 3 is 2.54 bits per heavy atom. The highest BCUT2D eigenvalue weighted by Crippen LogP contribution is 2.34. The van der Waals surface area contributed by atoms with E-state index in [0.29, 0.717) is 17.7 Å². The van der Waals surface area contributed by atoms with Gasteiger partial charge in [0.25, 0.3) is 0 Å². The molecule has 2 aromatic carbocycles. The molecule has 0 radical (unpaired) electrons. The molecule has 3 rings (SSSR count). The van der Waals surface area contributed by atoms with E-state index in [2.05, 4.69) is 10.8 Å². The van der Waals surface area contributed by atoms with Crippen molar-refractivity contribution >= 4 is 10.0 Å². The Kier molecular flexibility index (Phi) is 5.87. The average molecular weight is 401 g/mol. The number of nitrogens with one attached hydrogen (secondary N) is 1. The fourth-order valence-corrected chi connectivity index (χ4v) is 4.25. The summed E-state index contributed by atoms with van der Waals surface area (Å²) in [5, 5.41) is 20.0. The lowest BCUT2D eigenvalue weighted by Gasteiger charge is -2.40. The van der Waals surface area contributed by atoms with Crippen LogP contribution in [0, 0.1) is 11.3 Å². The van der Waals surface area contributed by atoms with Crippen molar-refractivity contribution in [3.63, 3.8) is 0 Å². The van der Waals surface area contributed by atoms with Gasteiger partial charge >= 0.3 is 0 Å². The summed E-state index contributed by atoms with van der Waals surface area (Å²) in [6.07, 6.45) is 0.284. The van der Waals surface area contributed by atoms with Crippen LogP contribution in [0.2, 0.25) is 0 Å². The number of rotatable bonds is 5. The van der Waals surface area contributed by atoms with Crippen molar-refractivity contribution in [2.24, 2.45) is 0 Å². The molecule has 2 unspecified atom stereocenters. The summed E-state index contributed by atoms with van der Waals surface area (Å²) in [7, 11) is -3.56. The van der Waals surface area contributed by atoms with Crippen molar-refractivity contribution in [2.45, 2.75) is 37.2 Å². The molecule has 1 aliphatic rings. The van der Waals surface area contributed by atoms with Crippen molar-refractivity contribution in [3.05, 3.63) is 59.7 Å². The van der Waals surface area contributed by atoms with Gasteiger partial charge in [0.05, 0.1) is 29.5 Å². The zero-order valence-corrected chi connectivity index (χ0v) is 16.7. The van der Waals surface area contributed by atoms with Gasteiger partial charge in [0, 0.05) is 13.0 Å². The van der Waals surface area contributed by atoms with Gasteiger partial charge in [-0.25, -0.2) is 13.1 Å². The van der Waals surface area contributed by atoms with Crippen molar-refractivity contribution in [1.29, 1.82) is 5.26 Å². The predicted molar refractivity (Wildman–Crippen MR) is 107 cm³/mol. The predicted octanol–water partition coefficient (Wildman–Crippen LogP) is 2.53. The Hall–Kier alpha value is -2.24. The van der Waals surface area contributed by atoms with E-state index in [9.17, 15) is 18.8 Å². The second kappa shape index (κ2) is 8.02.